The van der Waals surface area contributed by atoms with Gasteiger partial charge in [-0.15, -0.1) is 0 Å². The highest BCUT2D eigenvalue weighted by molar-refractivity contribution is 7.92. The molecule has 0 radical (unpaired) electrons. The van der Waals surface area contributed by atoms with Gasteiger partial charge >= 0.3 is 0 Å². The van der Waals surface area contributed by atoms with E-state index in [1.54, 1.807) is 0 Å². The molecule has 0 aromatic heterocycles. The predicted molar refractivity (Wildman–Crippen MR) is 111 cm³/mol. The van der Waals surface area contributed by atoms with E-state index < -0.39 is 9.84 Å². The number of sulfone groups is 1. The third-order valence-corrected chi connectivity index (χ3v) is 8.67. The summed E-state index contributed by atoms with van der Waals surface area (Å²) in [4.78, 5) is 0. The van der Waals surface area contributed by atoms with E-state index >= 15 is 0 Å². The molecular weight excluding hydrogens is 354 g/mol. The van der Waals surface area contributed by atoms with Gasteiger partial charge in [0.1, 0.15) is 0 Å². The fourth-order valence-electron chi connectivity index (χ4n) is 4.41. The SMILES string of the molecule is NC1CCc2ccc(CCS(=O)(=O)C3CCC3)cc2C1Cc1ccccc1. The van der Waals surface area contributed by atoms with Crippen LogP contribution < -0.4 is 5.73 Å². The minimum atomic E-state index is -2.94. The molecule has 0 saturated heterocycles. The molecule has 2 aromatic rings. The van der Waals surface area contributed by atoms with Crippen molar-refractivity contribution >= 4 is 9.84 Å². The van der Waals surface area contributed by atoms with E-state index in [2.05, 4.69) is 42.5 Å². The van der Waals surface area contributed by atoms with Gasteiger partial charge in [-0.05, 0) is 60.8 Å². The number of rotatable bonds is 6. The first kappa shape index (κ1) is 18.7. The molecule has 4 heteroatoms. The summed E-state index contributed by atoms with van der Waals surface area (Å²) < 4.78 is 24.8. The van der Waals surface area contributed by atoms with Crippen LogP contribution >= 0.6 is 0 Å². The molecule has 2 aromatic carbocycles. The average molecular weight is 384 g/mol. The Morgan fingerprint density at radius 2 is 1.74 bits per heavy atom. The quantitative estimate of drug-likeness (QED) is 0.825. The summed E-state index contributed by atoms with van der Waals surface area (Å²) >= 11 is 0. The van der Waals surface area contributed by atoms with Gasteiger partial charge in [0.25, 0.3) is 0 Å². The van der Waals surface area contributed by atoms with Gasteiger partial charge < -0.3 is 5.73 Å². The Balaban J connectivity index is 1.53. The van der Waals surface area contributed by atoms with E-state index in [9.17, 15) is 8.42 Å². The van der Waals surface area contributed by atoms with Crippen molar-refractivity contribution < 1.29 is 8.42 Å². The van der Waals surface area contributed by atoms with Crippen LogP contribution in [0.5, 0.6) is 0 Å². The van der Waals surface area contributed by atoms with E-state index in [0.29, 0.717) is 12.3 Å². The van der Waals surface area contributed by atoms with Crippen molar-refractivity contribution in [1.29, 1.82) is 0 Å². The number of fused-ring (bicyclic) bond motifs is 1. The van der Waals surface area contributed by atoms with Crippen LogP contribution in [0.4, 0.5) is 0 Å². The second kappa shape index (κ2) is 7.76. The molecule has 27 heavy (non-hydrogen) atoms. The number of hydrogen-bond donors (Lipinski definition) is 1. The minimum absolute atomic E-state index is 0.0885. The highest BCUT2D eigenvalue weighted by Crippen LogP contribution is 2.34. The molecule has 0 amide bonds. The third kappa shape index (κ3) is 4.12. The van der Waals surface area contributed by atoms with Gasteiger partial charge in [0, 0.05) is 12.0 Å². The van der Waals surface area contributed by atoms with Gasteiger partial charge in [0.2, 0.25) is 0 Å². The lowest BCUT2D eigenvalue weighted by atomic mass is 9.76. The Labute approximate surface area is 162 Å². The molecule has 2 atom stereocenters. The monoisotopic (exact) mass is 383 g/mol. The van der Waals surface area contributed by atoms with E-state index in [4.69, 9.17) is 5.73 Å². The Bertz CT molecular complexity index is 888. The molecule has 3 nitrogen and oxygen atoms in total. The van der Waals surface area contributed by atoms with Crippen molar-refractivity contribution in [2.75, 3.05) is 5.75 Å². The second-order valence-electron chi connectivity index (χ2n) is 8.20. The largest absolute Gasteiger partial charge is 0.327 e. The predicted octanol–water partition coefficient (Wildman–Crippen LogP) is 3.80. The summed E-state index contributed by atoms with van der Waals surface area (Å²) in [6.07, 6.45) is 6.34. The summed E-state index contributed by atoms with van der Waals surface area (Å²) in [6.45, 7) is 0. The molecular formula is C23H29NO2S. The Morgan fingerprint density at radius 3 is 2.44 bits per heavy atom. The molecule has 0 bridgehead atoms. The Hall–Kier alpha value is -1.65. The van der Waals surface area contributed by atoms with Crippen LogP contribution in [0.15, 0.2) is 48.5 Å². The third-order valence-electron chi connectivity index (χ3n) is 6.41. The van der Waals surface area contributed by atoms with Gasteiger partial charge in [-0.3, -0.25) is 0 Å². The maximum Gasteiger partial charge on any atom is 0.153 e. The van der Waals surface area contributed by atoms with Crippen LogP contribution in [-0.4, -0.2) is 25.5 Å². The molecule has 144 valence electrons. The zero-order chi connectivity index (χ0) is 18.9. The fraction of sp³-hybridized carbons (Fsp3) is 0.478. The van der Waals surface area contributed by atoms with Crippen LogP contribution in [0.1, 0.15) is 53.9 Å². The molecule has 4 rings (SSSR count). The lowest BCUT2D eigenvalue weighted by molar-refractivity contribution is 0.467. The van der Waals surface area contributed by atoms with E-state index in [0.717, 1.165) is 44.1 Å². The lowest BCUT2D eigenvalue weighted by Crippen LogP contribution is -2.34. The first-order valence-corrected chi connectivity index (χ1v) is 11.9. The van der Waals surface area contributed by atoms with Crippen molar-refractivity contribution in [3.05, 3.63) is 70.8 Å². The van der Waals surface area contributed by atoms with Crippen LogP contribution in [0, 0.1) is 0 Å². The van der Waals surface area contributed by atoms with Crippen LogP contribution in [0.2, 0.25) is 0 Å². The number of aryl methyl sites for hydroxylation is 2. The standard InChI is InChI=1S/C23H29NO2S/c24-23-12-11-19-10-9-18(13-14-27(25,26)20-7-4-8-20)15-21(19)22(23)16-17-5-2-1-3-6-17/h1-3,5-6,9-10,15,20,22-23H,4,7-8,11-14,16,24H2. The van der Waals surface area contributed by atoms with E-state index in [1.165, 1.54) is 16.7 Å². The van der Waals surface area contributed by atoms with E-state index in [1.807, 2.05) is 6.07 Å². The molecule has 2 aliphatic rings. The molecule has 1 saturated carbocycles. The summed E-state index contributed by atoms with van der Waals surface area (Å²) in [5.74, 6) is 0.575. The Kier molecular flexibility index (Phi) is 5.38. The zero-order valence-corrected chi connectivity index (χ0v) is 16.6. The average Bonchev–Trinajstić information content (AvgIpc) is 2.61. The number of hydrogen-bond acceptors (Lipinski definition) is 3. The van der Waals surface area contributed by atoms with Crippen molar-refractivity contribution in [3.8, 4) is 0 Å². The number of benzene rings is 2. The van der Waals surface area contributed by atoms with Crippen LogP contribution in [0.3, 0.4) is 0 Å². The Morgan fingerprint density at radius 1 is 0.963 bits per heavy atom. The van der Waals surface area contributed by atoms with Crippen LogP contribution in [0.25, 0.3) is 0 Å². The summed E-state index contributed by atoms with van der Waals surface area (Å²) in [6, 6.07) is 17.2. The summed E-state index contributed by atoms with van der Waals surface area (Å²) in [5, 5.41) is -0.0885. The maximum absolute atomic E-state index is 12.4. The minimum Gasteiger partial charge on any atom is -0.327 e. The maximum atomic E-state index is 12.4. The van der Waals surface area contributed by atoms with Gasteiger partial charge in [0.05, 0.1) is 11.0 Å². The molecule has 1 fully saturated rings. The van der Waals surface area contributed by atoms with Gasteiger partial charge in [-0.1, -0.05) is 55.0 Å². The smallest absolute Gasteiger partial charge is 0.153 e. The highest BCUT2D eigenvalue weighted by atomic mass is 32.2. The van der Waals surface area contributed by atoms with Gasteiger partial charge in [-0.25, -0.2) is 8.42 Å². The molecule has 0 heterocycles. The fourth-order valence-corrected chi connectivity index (χ4v) is 6.32. The van der Waals surface area contributed by atoms with Crippen LogP contribution in [-0.2, 0) is 29.1 Å². The number of nitrogens with two attached hydrogens (primary N) is 1. The van der Waals surface area contributed by atoms with Gasteiger partial charge in [-0.2, -0.15) is 0 Å². The summed E-state index contributed by atoms with van der Waals surface area (Å²) in [7, 11) is -2.94. The van der Waals surface area contributed by atoms with Crippen molar-refractivity contribution in [2.45, 2.75) is 62.2 Å². The van der Waals surface area contributed by atoms with Crippen molar-refractivity contribution in [3.63, 3.8) is 0 Å². The second-order valence-corrected chi connectivity index (χ2v) is 10.6. The highest BCUT2D eigenvalue weighted by Gasteiger charge is 2.31. The molecule has 0 aliphatic heterocycles. The first-order valence-electron chi connectivity index (χ1n) is 10.2. The van der Waals surface area contributed by atoms with Crippen molar-refractivity contribution in [1.82, 2.24) is 0 Å². The zero-order valence-electron chi connectivity index (χ0n) is 15.8. The van der Waals surface area contributed by atoms with Gasteiger partial charge in [0.15, 0.2) is 9.84 Å². The van der Waals surface area contributed by atoms with E-state index in [-0.39, 0.29) is 17.0 Å². The molecule has 2 N–H and O–H groups in total. The molecule has 0 spiro atoms. The normalized spacial score (nSPS) is 22.9. The first-order chi connectivity index (χ1) is 13.0. The lowest BCUT2D eigenvalue weighted by Gasteiger charge is -2.32. The molecule has 2 unspecified atom stereocenters. The summed E-state index contributed by atoms with van der Waals surface area (Å²) in [5.41, 5.74) is 11.6. The topological polar surface area (TPSA) is 60.2 Å². The van der Waals surface area contributed by atoms with Crippen molar-refractivity contribution in [2.24, 2.45) is 5.73 Å². The molecule has 2 aliphatic carbocycles.